The molecule has 1 saturated heterocycles. The van der Waals surface area contributed by atoms with Gasteiger partial charge in [0.05, 0.1) is 11.6 Å². The van der Waals surface area contributed by atoms with Crippen molar-refractivity contribution < 1.29 is 9.59 Å². The standard InChI is InChI=1S/C22H24N4O2/c1-16-4-3-5-20(17(16)2)25-10-12-26(13-11-25)22(28)14-21(27)24-19-8-6-18(15-23)7-9-19/h3-9H,10-14H2,1-2H3,(H,24,27). The molecule has 0 spiro atoms. The van der Waals surface area contributed by atoms with Crippen LogP contribution in [0.5, 0.6) is 0 Å². The van der Waals surface area contributed by atoms with Gasteiger partial charge in [0.15, 0.2) is 0 Å². The number of amides is 2. The Balaban J connectivity index is 1.51. The molecule has 0 atom stereocenters. The van der Waals surface area contributed by atoms with Gasteiger partial charge in [-0.25, -0.2) is 0 Å². The van der Waals surface area contributed by atoms with Gasteiger partial charge >= 0.3 is 0 Å². The van der Waals surface area contributed by atoms with Crippen LogP contribution in [0.2, 0.25) is 0 Å². The summed E-state index contributed by atoms with van der Waals surface area (Å²) in [4.78, 5) is 28.7. The van der Waals surface area contributed by atoms with E-state index in [9.17, 15) is 9.59 Å². The van der Waals surface area contributed by atoms with Crippen molar-refractivity contribution in [1.82, 2.24) is 4.90 Å². The lowest BCUT2D eigenvalue weighted by Crippen LogP contribution is -2.49. The molecular weight excluding hydrogens is 352 g/mol. The van der Waals surface area contributed by atoms with Crippen LogP contribution < -0.4 is 10.2 Å². The molecule has 1 fully saturated rings. The van der Waals surface area contributed by atoms with E-state index in [2.05, 4.69) is 42.3 Å². The van der Waals surface area contributed by atoms with Gasteiger partial charge < -0.3 is 15.1 Å². The average Bonchev–Trinajstić information content (AvgIpc) is 2.70. The Morgan fingerprint density at radius 1 is 1.04 bits per heavy atom. The number of anilines is 2. The fraction of sp³-hybridized carbons (Fsp3) is 0.318. The predicted molar refractivity (Wildman–Crippen MR) is 109 cm³/mol. The normalized spacial score (nSPS) is 13.8. The molecule has 1 N–H and O–H groups in total. The highest BCUT2D eigenvalue weighted by molar-refractivity contribution is 6.03. The van der Waals surface area contributed by atoms with E-state index in [1.165, 1.54) is 16.8 Å². The molecule has 0 saturated carbocycles. The number of hydrogen-bond acceptors (Lipinski definition) is 4. The molecule has 2 aromatic rings. The van der Waals surface area contributed by atoms with Gasteiger partial charge in [0.25, 0.3) is 0 Å². The molecule has 28 heavy (non-hydrogen) atoms. The van der Waals surface area contributed by atoms with Crippen molar-refractivity contribution in [2.75, 3.05) is 36.4 Å². The number of carbonyl (C=O) groups is 2. The summed E-state index contributed by atoms with van der Waals surface area (Å²) in [6.07, 6.45) is -0.177. The number of piperazine rings is 1. The third-order valence-corrected chi connectivity index (χ3v) is 5.16. The summed E-state index contributed by atoms with van der Waals surface area (Å²) < 4.78 is 0. The molecule has 0 radical (unpaired) electrons. The van der Waals surface area contributed by atoms with Crippen molar-refractivity contribution >= 4 is 23.2 Å². The van der Waals surface area contributed by atoms with Crippen LogP contribution >= 0.6 is 0 Å². The highest BCUT2D eigenvalue weighted by atomic mass is 16.2. The number of carbonyl (C=O) groups excluding carboxylic acids is 2. The second kappa shape index (κ2) is 8.57. The zero-order chi connectivity index (χ0) is 20.1. The molecule has 6 heteroatoms. The molecule has 1 aliphatic heterocycles. The topological polar surface area (TPSA) is 76.4 Å². The summed E-state index contributed by atoms with van der Waals surface area (Å²) in [7, 11) is 0. The van der Waals surface area contributed by atoms with Crippen molar-refractivity contribution in [3.63, 3.8) is 0 Å². The van der Waals surface area contributed by atoms with E-state index in [1.807, 2.05) is 6.07 Å². The second-order valence-electron chi connectivity index (χ2n) is 7.00. The molecule has 2 amide bonds. The highest BCUT2D eigenvalue weighted by Gasteiger charge is 2.23. The fourth-order valence-electron chi connectivity index (χ4n) is 3.36. The maximum Gasteiger partial charge on any atom is 0.233 e. The lowest BCUT2D eigenvalue weighted by molar-refractivity contribution is -0.134. The molecule has 144 valence electrons. The Bertz CT molecular complexity index is 907. The lowest BCUT2D eigenvalue weighted by atomic mass is 10.1. The first-order valence-corrected chi connectivity index (χ1v) is 9.37. The Morgan fingerprint density at radius 3 is 2.36 bits per heavy atom. The van der Waals surface area contributed by atoms with Crippen molar-refractivity contribution in [2.24, 2.45) is 0 Å². The van der Waals surface area contributed by atoms with E-state index >= 15 is 0 Å². The Hall–Kier alpha value is -3.33. The molecular formula is C22H24N4O2. The summed E-state index contributed by atoms with van der Waals surface area (Å²) >= 11 is 0. The van der Waals surface area contributed by atoms with Crippen LogP contribution in [0, 0.1) is 25.2 Å². The van der Waals surface area contributed by atoms with Crippen LogP contribution in [-0.4, -0.2) is 42.9 Å². The third-order valence-electron chi connectivity index (χ3n) is 5.16. The second-order valence-corrected chi connectivity index (χ2v) is 7.00. The molecule has 1 aliphatic rings. The van der Waals surface area contributed by atoms with Crippen molar-refractivity contribution in [3.8, 4) is 6.07 Å². The van der Waals surface area contributed by atoms with Crippen LogP contribution in [0.4, 0.5) is 11.4 Å². The van der Waals surface area contributed by atoms with E-state index in [4.69, 9.17) is 5.26 Å². The lowest BCUT2D eigenvalue weighted by Gasteiger charge is -2.37. The summed E-state index contributed by atoms with van der Waals surface area (Å²) in [5.74, 6) is -0.501. The molecule has 0 unspecified atom stereocenters. The van der Waals surface area contributed by atoms with E-state index in [1.54, 1.807) is 29.2 Å². The maximum atomic E-state index is 12.5. The monoisotopic (exact) mass is 376 g/mol. The van der Waals surface area contributed by atoms with Crippen molar-refractivity contribution in [3.05, 3.63) is 59.2 Å². The van der Waals surface area contributed by atoms with Crippen molar-refractivity contribution in [2.45, 2.75) is 20.3 Å². The molecule has 1 heterocycles. The third kappa shape index (κ3) is 4.49. The van der Waals surface area contributed by atoms with Crippen molar-refractivity contribution in [1.29, 1.82) is 5.26 Å². The SMILES string of the molecule is Cc1cccc(N2CCN(C(=O)CC(=O)Nc3ccc(C#N)cc3)CC2)c1C. The number of nitrogens with zero attached hydrogens (tertiary/aromatic N) is 3. The van der Waals surface area contributed by atoms with Gasteiger partial charge in [0.1, 0.15) is 6.42 Å². The number of nitriles is 1. The zero-order valence-electron chi connectivity index (χ0n) is 16.2. The predicted octanol–water partition coefficient (Wildman–Crippen LogP) is 2.85. The van der Waals surface area contributed by atoms with Gasteiger partial charge in [-0.2, -0.15) is 5.26 Å². The van der Waals surface area contributed by atoms with Crippen LogP contribution in [0.25, 0.3) is 0 Å². The van der Waals surface area contributed by atoms with E-state index < -0.39 is 0 Å². The quantitative estimate of drug-likeness (QED) is 0.833. The van der Waals surface area contributed by atoms with Crippen LogP contribution in [-0.2, 0) is 9.59 Å². The summed E-state index contributed by atoms with van der Waals surface area (Å²) in [5.41, 5.74) is 4.84. The number of nitrogens with one attached hydrogen (secondary N) is 1. The Morgan fingerprint density at radius 2 is 1.71 bits per heavy atom. The number of aryl methyl sites for hydroxylation is 1. The fourth-order valence-corrected chi connectivity index (χ4v) is 3.36. The van der Waals surface area contributed by atoms with Gasteiger partial charge in [-0.3, -0.25) is 9.59 Å². The molecule has 0 aliphatic carbocycles. The van der Waals surface area contributed by atoms with Gasteiger partial charge in [-0.15, -0.1) is 0 Å². The van der Waals surface area contributed by atoms with Crippen LogP contribution in [0.3, 0.4) is 0 Å². The Kier molecular flexibility index (Phi) is 5.95. The van der Waals surface area contributed by atoms with E-state index in [-0.39, 0.29) is 18.2 Å². The number of benzene rings is 2. The molecule has 0 bridgehead atoms. The summed E-state index contributed by atoms with van der Waals surface area (Å²) in [6.45, 7) is 6.95. The molecule has 6 nitrogen and oxygen atoms in total. The first-order chi connectivity index (χ1) is 13.5. The molecule has 3 rings (SSSR count). The highest BCUT2D eigenvalue weighted by Crippen LogP contribution is 2.24. The first kappa shape index (κ1) is 19.4. The maximum absolute atomic E-state index is 12.5. The minimum absolute atomic E-state index is 0.160. The number of rotatable bonds is 4. The summed E-state index contributed by atoms with van der Waals surface area (Å²) in [6, 6.07) is 14.9. The number of hydrogen-bond donors (Lipinski definition) is 1. The largest absolute Gasteiger partial charge is 0.368 e. The molecule has 2 aromatic carbocycles. The zero-order valence-corrected chi connectivity index (χ0v) is 16.2. The minimum atomic E-state index is -0.341. The van der Waals surface area contributed by atoms with Crippen LogP contribution in [0.1, 0.15) is 23.1 Å². The van der Waals surface area contributed by atoms with E-state index in [0.29, 0.717) is 24.3 Å². The first-order valence-electron chi connectivity index (χ1n) is 9.37. The molecule has 0 aromatic heterocycles. The summed E-state index contributed by atoms with van der Waals surface area (Å²) in [5, 5.41) is 11.5. The van der Waals surface area contributed by atoms with Gasteiger partial charge in [-0.05, 0) is 55.3 Å². The van der Waals surface area contributed by atoms with Gasteiger partial charge in [-0.1, -0.05) is 12.1 Å². The Labute approximate surface area is 165 Å². The average molecular weight is 376 g/mol. The van der Waals surface area contributed by atoms with Gasteiger partial charge in [0, 0.05) is 37.6 Å². The van der Waals surface area contributed by atoms with E-state index in [0.717, 1.165) is 13.1 Å². The van der Waals surface area contributed by atoms with Crippen LogP contribution in [0.15, 0.2) is 42.5 Å². The smallest absolute Gasteiger partial charge is 0.233 e. The minimum Gasteiger partial charge on any atom is -0.368 e. The van der Waals surface area contributed by atoms with Gasteiger partial charge in [0.2, 0.25) is 11.8 Å².